The minimum atomic E-state index is -1.29. The van der Waals surface area contributed by atoms with Gasteiger partial charge in [0.25, 0.3) is 0 Å². The number of benzene rings is 5. The van der Waals surface area contributed by atoms with E-state index < -0.39 is 53.4 Å². The number of phenols is 1. The number of aromatic nitrogens is 2. The standard InChI is InChI=1S/C49H53N7O6/c50-28-14-13-23-41(45(58)54-42(29-35-24-26-40(57)27-25-35)46(59)55-44(48(61)62)30-34-15-5-1-6-16-34)53-47(60)43(31-39-32-51-33-52-39)56-49(36-17-7-2-8-18-36,37-19-9-3-10-20-37)38-21-11-4-12-22-38/h1-12,15-22,24-27,32-33,41-44,56-57H,13-14,23,28-31,50H2,(H,51,52)(H,53,60)(H,54,58)(H,55,59)(H,61,62)/t41-,42-,43-,44-/m0/s1. The minimum Gasteiger partial charge on any atom is -0.508 e. The molecule has 0 aliphatic heterocycles. The minimum absolute atomic E-state index is 0.0146. The van der Waals surface area contributed by atoms with Gasteiger partial charge in [0.1, 0.15) is 23.9 Å². The number of hydrogen-bond acceptors (Lipinski definition) is 8. The molecule has 320 valence electrons. The highest BCUT2D eigenvalue weighted by atomic mass is 16.4. The molecule has 9 N–H and O–H groups in total. The Labute approximate surface area is 361 Å². The van der Waals surface area contributed by atoms with Crippen molar-refractivity contribution in [2.45, 2.75) is 68.2 Å². The summed E-state index contributed by atoms with van der Waals surface area (Å²) in [5.41, 5.74) is 9.45. The van der Waals surface area contributed by atoms with Gasteiger partial charge in [-0.1, -0.05) is 133 Å². The number of nitrogens with zero attached hydrogens (tertiary/aromatic N) is 1. The average Bonchev–Trinajstić information content (AvgIpc) is 3.82. The Balaban J connectivity index is 1.33. The number of aliphatic carboxylic acids is 1. The van der Waals surface area contributed by atoms with Crippen LogP contribution in [0.3, 0.4) is 0 Å². The fourth-order valence-electron chi connectivity index (χ4n) is 7.61. The quantitative estimate of drug-likeness (QED) is 0.0350. The number of carbonyl (C=O) groups is 4. The number of aromatic hydroxyl groups is 1. The Kier molecular flexibility index (Phi) is 15.7. The highest BCUT2D eigenvalue weighted by Gasteiger charge is 2.41. The number of carbonyl (C=O) groups excluding carboxylic acids is 3. The SMILES string of the molecule is NCCCC[C@H](NC(=O)[C@H](Cc1cnc[nH]1)NC(c1ccccc1)(c1ccccc1)c1ccccc1)C(=O)N[C@@H](Cc1ccc(O)cc1)C(=O)N[C@@H](Cc1ccccc1)C(=O)O. The van der Waals surface area contributed by atoms with Crippen LogP contribution in [0.2, 0.25) is 0 Å². The number of rotatable bonds is 22. The molecular weight excluding hydrogens is 783 g/mol. The summed E-state index contributed by atoms with van der Waals surface area (Å²) in [5.74, 6) is -3.06. The van der Waals surface area contributed by atoms with E-state index in [0.717, 1.165) is 16.7 Å². The third-order valence-corrected chi connectivity index (χ3v) is 10.8. The third kappa shape index (κ3) is 11.8. The highest BCUT2D eigenvalue weighted by Crippen LogP contribution is 2.37. The number of carboxylic acid groups (broad SMARTS) is 1. The van der Waals surface area contributed by atoms with Crippen LogP contribution < -0.4 is 27.0 Å². The third-order valence-electron chi connectivity index (χ3n) is 10.8. The van der Waals surface area contributed by atoms with Crippen LogP contribution in [0.1, 0.15) is 52.8 Å². The molecule has 13 heteroatoms. The molecule has 1 aromatic heterocycles. The normalized spacial score (nSPS) is 13.2. The van der Waals surface area contributed by atoms with Gasteiger partial charge in [-0.2, -0.15) is 0 Å². The number of phenolic OH excluding ortho intramolecular Hbond substituents is 1. The lowest BCUT2D eigenvalue weighted by atomic mass is 9.76. The van der Waals surface area contributed by atoms with Crippen LogP contribution >= 0.6 is 0 Å². The molecule has 0 bridgehead atoms. The number of hydrogen-bond donors (Lipinski definition) is 8. The summed E-state index contributed by atoms with van der Waals surface area (Å²) < 4.78 is 0. The van der Waals surface area contributed by atoms with Gasteiger partial charge >= 0.3 is 5.97 Å². The zero-order chi connectivity index (χ0) is 43.7. The molecule has 5 aromatic carbocycles. The van der Waals surface area contributed by atoms with E-state index in [1.807, 2.05) is 97.1 Å². The van der Waals surface area contributed by atoms with E-state index in [0.29, 0.717) is 36.2 Å². The fourth-order valence-corrected chi connectivity index (χ4v) is 7.61. The van der Waals surface area contributed by atoms with Gasteiger partial charge in [0.15, 0.2) is 0 Å². The molecule has 1 heterocycles. The lowest BCUT2D eigenvalue weighted by Gasteiger charge is -2.40. The van der Waals surface area contributed by atoms with Crippen molar-refractivity contribution in [2.75, 3.05) is 6.54 Å². The molecule has 0 aliphatic carbocycles. The molecule has 6 rings (SSSR count). The number of H-pyrrole nitrogens is 1. The van der Waals surface area contributed by atoms with Gasteiger partial charge in [0.05, 0.1) is 17.9 Å². The van der Waals surface area contributed by atoms with Crippen molar-refractivity contribution in [3.63, 3.8) is 0 Å². The highest BCUT2D eigenvalue weighted by molar-refractivity contribution is 5.94. The molecule has 0 fully saturated rings. The van der Waals surface area contributed by atoms with Gasteiger partial charge in [0.2, 0.25) is 17.7 Å². The number of unbranched alkanes of at least 4 members (excludes halogenated alkanes) is 1. The first-order valence-corrected chi connectivity index (χ1v) is 20.7. The number of nitrogens with one attached hydrogen (secondary N) is 5. The molecule has 0 aliphatic rings. The largest absolute Gasteiger partial charge is 0.508 e. The summed E-state index contributed by atoms with van der Waals surface area (Å²) in [6, 6.07) is 40.0. The van der Waals surface area contributed by atoms with E-state index >= 15 is 0 Å². The molecule has 0 spiro atoms. The molecule has 4 atom stereocenters. The van der Waals surface area contributed by atoms with Crippen molar-refractivity contribution < 1.29 is 29.4 Å². The number of nitrogens with two attached hydrogens (primary N) is 1. The zero-order valence-electron chi connectivity index (χ0n) is 34.3. The van der Waals surface area contributed by atoms with Gasteiger partial charge in [-0.05, 0) is 65.8 Å². The smallest absolute Gasteiger partial charge is 0.326 e. The van der Waals surface area contributed by atoms with Crippen LogP contribution in [0, 0.1) is 0 Å². The van der Waals surface area contributed by atoms with E-state index in [-0.39, 0.29) is 31.4 Å². The van der Waals surface area contributed by atoms with Crippen molar-refractivity contribution in [1.82, 2.24) is 31.2 Å². The lowest BCUT2D eigenvalue weighted by Crippen LogP contribution is -2.60. The van der Waals surface area contributed by atoms with Crippen LogP contribution in [0.25, 0.3) is 0 Å². The van der Waals surface area contributed by atoms with Crippen molar-refractivity contribution in [1.29, 1.82) is 0 Å². The summed E-state index contributed by atoms with van der Waals surface area (Å²) >= 11 is 0. The summed E-state index contributed by atoms with van der Waals surface area (Å²) in [7, 11) is 0. The summed E-state index contributed by atoms with van der Waals surface area (Å²) in [4.78, 5) is 63.2. The molecule has 0 radical (unpaired) electrons. The second-order valence-electron chi connectivity index (χ2n) is 15.2. The molecule has 62 heavy (non-hydrogen) atoms. The molecule has 3 amide bonds. The number of carboxylic acids is 1. The van der Waals surface area contributed by atoms with Crippen molar-refractivity contribution in [3.8, 4) is 5.75 Å². The van der Waals surface area contributed by atoms with Crippen LogP contribution in [0.5, 0.6) is 5.75 Å². The number of amides is 3. The predicted octanol–water partition coefficient (Wildman–Crippen LogP) is 4.76. The first kappa shape index (κ1) is 44.5. The number of aromatic amines is 1. The van der Waals surface area contributed by atoms with E-state index in [1.54, 1.807) is 48.9 Å². The van der Waals surface area contributed by atoms with Crippen molar-refractivity contribution in [3.05, 3.63) is 192 Å². The maximum Gasteiger partial charge on any atom is 0.326 e. The zero-order valence-corrected chi connectivity index (χ0v) is 34.3. The van der Waals surface area contributed by atoms with E-state index in [1.165, 1.54) is 12.1 Å². The maximum absolute atomic E-state index is 14.9. The summed E-state index contributed by atoms with van der Waals surface area (Å²) in [6.07, 6.45) is 4.61. The average molecular weight is 836 g/mol. The monoisotopic (exact) mass is 835 g/mol. The van der Waals surface area contributed by atoms with Crippen LogP contribution in [0.15, 0.2) is 158 Å². The predicted molar refractivity (Wildman–Crippen MR) is 237 cm³/mol. The van der Waals surface area contributed by atoms with Crippen molar-refractivity contribution >= 4 is 23.7 Å². The molecule has 0 saturated heterocycles. The van der Waals surface area contributed by atoms with Gasteiger partial charge in [0, 0.05) is 31.2 Å². The Bertz CT molecular complexity index is 2220. The molecule has 6 aromatic rings. The van der Waals surface area contributed by atoms with E-state index in [4.69, 9.17) is 5.73 Å². The van der Waals surface area contributed by atoms with Crippen LogP contribution in [-0.4, -0.2) is 74.6 Å². The van der Waals surface area contributed by atoms with Crippen molar-refractivity contribution in [2.24, 2.45) is 5.73 Å². The fraction of sp³-hybridized carbons (Fsp3) is 0.245. The first-order valence-electron chi connectivity index (χ1n) is 20.7. The van der Waals surface area contributed by atoms with E-state index in [2.05, 4.69) is 31.2 Å². The van der Waals surface area contributed by atoms with Gasteiger partial charge < -0.3 is 36.9 Å². The molecule has 13 nitrogen and oxygen atoms in total. The second-order valence-corrected chi connectivity index (χ2v) is 15.2. The lowest BCUT2D eigenvalue weighted by molar-refractivity contribution is -0.142. The Morgan fingerprint density at radius 1 is 0.581 bits per heavy atom. The van der Waals surface area contributed by atoms with Gasteiger partial charge in [-0.3, -0.25) is 19.7 Å². The summed E-state index contributed by atoms with van der Waals surface area (Å²) in [5, 5.41) is 32.3. The Morgan fingerprint density at radius 3 is 1.56 bits per heavy atom. The van der Waals surface area contributed by atoms with E-state index in [9.17, 15) is 29.4 Å². The van der Waals surface area contributed by atoms with Gasteiger partial charge in [-0.25, -0.2) is 9.78 Å². The summed E-state index contributed by atoms with van der Waals surface area (Å²) in [6.45, 7) is 0.365. The second kappa shape index (κ2) is 22.0. The molecule has 0 saturated carbocycles. The Hall–Kier alpha value is -7.09. The van der Waals surface area contributed by atoms with Crippen LogP contribution in [0.4, 0.5) is 0 Å². The van der Waals surface area contributed by atoms with Gasteiger partial charge in [-0.15, -0.1) is 0 Å². The topological polar surface area (TPSA) is 212 Å². The Morgan fingerprint density at radius 2 is 1.05 bits per heavy atom. The maximum atomic E-state index is 14.9. The molecule has 0 unspecified atom stereocenters. The number of imidazole rings is 1. The first-order chi connectivity index (χ1) is 30.2. The van der Waals surface area contributed by atoms with Crippen LogP contribution in [-0.2, 0) is 44.0 Å². The molecular formula is C49H53N7O6.